The van der Waals surface area contributed by atoms with Crippen LogP contribution in [0, 0.1) is 13.8 Å². The minimum Gasteiger partial charge on any atom is -0.497 e. The number of carbonyl (C=O) groups is 2. The first-order valence-corrected chi connectivity index (χ1v) is 12.5. The Morgan fingerprint density at radius 2 is 1.66 bits per heavy atom. The van der Waals surface area contributed by atoms with E-state index in [4.69, 9.17) is 9.84 Å². The van der Waals surface area contributed by atoms with Crippen molar-refractivity contribution in [2.45, 2.75) is 33.7 Å². The van der Waals surface area contributed by atoms with Crippen molar-refractivity contribution in [3.05, 3.63) is 90.1 Å². The molecule has 1 aromatic heterocycles. The highest BCUT2D eigenvalue weighted by Crippen LogP contribution is 2.33. The number of urea groups is 1. The number of nitrogens with one attached hydrogen (secondary N) is 2. The van der Waals surface area contributed by atoms with E-state index in [1.807, 2.05) is 107 Å². The maximum Gasteiger partial charge on any atom is 0.322 e. The van der Waals surface area contributed by atoms with Gasteiger partial charge < -0.3 is 20.3 Å². The van der Waals surface area contributed by atoms with Crippen LogP contribution in [0.4, 0.5) is 16.3 Å². The second-order valence-corrected chi connectivity index (χ2v) is 9.35. The van der Waals surface area contributed by atoms with Crippen LogP contribution in [0.25, 0.3) is 16.8 Å². The molecule has 0 aliphatic carbocycles. The SMILES string of the molecule is COc1ccc(-n2nc(C)c(-c3ccccc3)c2NC(=O)CN(C(=O)Nc2cccc(C)c2)C(C)C)cc1. The van der Waals surface area contributed by atoms with Crippen LogP contribution in [-0.4, -0.2) is 46.3 Å². The number of methoxy groups -OCH3 is 1. The van der Waals surface area contributed by atoms with Gasteiger partial charge >= 0.3 is 6.03 Å². The summed E-state index contributed by atoms with van der Waals surface area (Å²) in [6.07, 6.45) is 0. The maximum absolute atomic E-state index is 13.4. The highest BCUT2D eigenvalue weighted by atomic mass is 16.5. The van der Waals surface area contributed by atoms with Crippen LogP contribution in [0.1, 0.15) is 25.1 Å². The lowest BCUT2D eigenvalue weighted by Gasteiger charge is -2.26. The van der Waals surface area contributed by atoms with E-state index in [9.17, 15) is 9.59 Å². The molecule has 4 aromatic rings. The molecule has 196 valence electrons. The Balaban J connectivity index is 1.64. The number of aromatic nitrogens is 2. The van der Waals surface area contributed by atoms with Gasteiger partial charge in [0.05, 0.1) is 18.5 Å². The average molecular weight is 512 g/mol. The first-order valence-electron chi connectivity index (χ1n) is 12.5. The molecule has 0 atom stereocenters. The Morgan fingerprint density at radius 3 is 2.29 bits per heavy atom. The van der Waals surface area contributed by atoms with Crippen molar-refractivity contribution >= 4 is 23.4 Å². The van der Waals surface area contributed by atoms with E-state index in [1.54, 1.807) is 11.8 Å². The summed E-state index contributed by atoms with van der Waals surface area (Å²) in [5, 5.41) is 10.7. The second kappa shape index (κ2) is 11.6. The number of hydrogen-bond donors (Lipinski definition) is 2. The third kappa shape index (κ3) is 6.03. The zero-order valence-corrected chi connectivity index (χ0v) is 22.4. The van der Waals surface area contributed by atoms with Crippen molar-refractivity contribution in [1.29, 1.82) is 0 Å². The first-order chi connectivity index (χ1) is 18.3. The summed E-state index contributed by atoms with van der Waals surface area (Å²) in [4.78, 5) is 28.0. The Morgan fingerprint density at radius 1 is 0.947 bits per heavy atom. The van der Waals surface area contributed by atoms with Crippen LogP contribution in [0.5, 0.6) is 5.75 Å². The molecule has 0 aliphatic heterocycles. The van der Waals surface area contributed by atoms with Gasteiger partial charge in [-0.1, -0.05) is 42.5 Å². The van der Waals surface area contributed by atoms with E-state index < -0.39 is 0 Å². The molecule has 0 spiro atoms. The lowest BCUT2D eigenvalue weighted by Crippen LogP contribution is -2.44. The molecule has 0 saturated heterocycles. The van der Waals surface area contributed by atoms with Crippen molar-refractivity contribution in [3.8, 4) is 22.6 Å². The first kappa shape index (κ1) is 26.5. The molecule has 2 N–H and O–H groups in total. The predicted octanol–water partition coefficient (Wildman–Crippen LogP) is 6.05. The minimum absolute atomic E-state index is 0.129. The van der Waals surface area contributed by atoms with E-state index in [-0.39, 0.29) is 24.5 Å². The van der Waals surface area contributed by atoms with Crippen LogP contribution in [-0.2, 0) is 4.79 Å². The normalized spacial score (nSPS) is 10.8. The largest absolute Gasteiger partial charge is 0.497 e. The number of aryl methyl sites for hydroxylation is 2. The fraction of sp³-hybridized carbons (Fsp3) is 0.233. The second-order valence-electron chi connectivity index (χ2n) is 9.35. The Labute approximate surface area is 223 Å². The van der Waals surface area contributed by atoms with E-state index in [1.165, 1.54) is 4.90 Å². The summed E-state index contributed by atoms with van der Waals surface area (Å²) >= 11 is 0. The summed E-state index contributed by atoms with van der Waals surface area (Å²) in [5.41, 5.74) is 4.99. The quantitative estimate of drug-likeness (QED) is 0.302. The third-order valence-electron chi connectivity index (χ3n) is 6.17. The van der Waals surface area contributed by atoms with Gasteiger partial charge in [-0.2, -0.15) is 5.10 Å². The molecular formula is C30H33N5O3. The Kier molecular flexibility index (Phi) is 8.11. The number of anilines is 2. The molecule has 0 radical (unpaired) electrons. The number of amides is 3. The van der Waals surface area contributed by atoms with Crippen molar-refractivity contribution < 1.29 is 14.3 Å². The molecule has 0 fully saturated rings. The standard InChI is InChI=1S/C30H33N5O3/c1-20(2)34(30(37)31-24-13-9-10-21(3)18-24)19-27(36)32-29-28(23-11-7-6-8-12-23)22(4)33-35(29)25-14-16-26(38-5)17-15-25/h6-18,20H,19H2,1-5H3,(H,31,37)(H,32,36). The minimum atomic E-state index is -0.344. The number of hydrogen-bond acceptors (Lipinski definition) is 4. The molecule has 3 aromatic carbocycles. The van der Waals surface area contributed by atoms with Gasteiger partial charge in [-0.3, -0.25) is 4.79 Å². The molecule has 0 aliphatic rings. The molecule has 3 amide bonds. The van der Waals surface area contributed by atoms with Crippen LogP contribution in [0.2, 0.25) is 0 Å². The van der Waals surface area contributed by atoms with Gasteiger partial charge in [0.2, 0.25) is 5.91 Å². The van der Waals surface area contributed by atoms with Crippen molar-refractivity contribution in [1.82, 2.24) is 14.7 Å². The average Bonchev–Trinajstić information content (AvgIpc) is 3.22. The highest BCUT2D eigenvalue weighted by molar-refractivity contribution is 5.99. The monoisotopic (exact) mass is 511 g/mol. The zero-order chi connectivity index (χ0) is 27.2. The third-order valence-corrected chi connectivity index (χ3v) is 6.17. The van der Waals surface area contributed by atoms with Crippen LogP contribution >= 0.6 is 0 Å². The molecule has 8 nitrogen and oxygen atoms in total. The van der Waals surface area contributed by atoms with Crippen LogP contribution < -0.4 is 15.4 Å². The zero-order valence-electron chi connectivity index (χ0n) is 22.4. The molecule has 4 rings (SSSR count). The van der Waals surface area contributed by atoms with E-state index in [2.05, 4.69) is 10.6 Å². The number of ether oxygens (including phenoxy) is 1. The van der Waals surface area contributed by atoms with Crippen molar-refractivity contribution in [2.75, 3.05) is 24.3 Å². The van der Waals surface area contributed by atoms with Crippen molar-refractivity contribution in [2.24, 2.45) is 0 Å². The van der Waals surface area contributed by atoms with Crippen LogP contribution in [0.15, 0.2) is 78.9 Å². The topological polar surface area (TPSA) is 88.5 Å². The Bertz CT molecular complexity index is 1410. The smallest absolute Gasteiger partial charge is 0.322 e. The van der Waals surface area contributed by atoms with Gasteiger partial charge in [0.1, 0.15) is 18.1 Å². The summed E-state index contributed by atoms with van der Waals surface area (Å²) < 4.78 is 7.00. The van der Waals surface area contributed by atoms with Gasteiger partial charge in [0.15, 0.2) is 0 Å². The molecule has 0 bridgehead atoms. The van der Waals surface area contributed by atoms with Gasteiger partial charge in [0, 0.05) is 17.3 Å². The highest BCUT2D eigenvalue weighted by Gasteiger charge is 2.24. The Hall–Kier alpha value is -4.59. The number of rotatable bonds is 8. The molecule has 8 heteroatoms. The predicted molar refractivity (Wildman–Crippen MR) is 151 cm³/mol. The van der Waals surface area contributed by atoms with Gasteiger partial charge in [0.25, 0.3) is 0 Å². The van der Waals surface area contributed by atoms with Crippen molar-refractivity contribution in [3.63, 3.8) is 0 Å². The van der Waals surface area contributed by atoms with Gasteiger partial charge in [-0.05, 0) is 75.2 Å². The van der Waals surface area contributed by atoms with Gasteiger partial charge in [-0.15, -0.1) is 0 Å². The molecular weight excluding hydrogens is 478 g/mol. The maximum atomic E-state index is 13.4. The summed E-state index contributed by atoms with van der Waals surface area (Å²) in [6, 6.07) is 24.2. The van der Waals surface area contributed by atoms with E-state index in [0.29, 0.717) is 11.5 Å². The lowest BCUT2D eigenvalue weighted by molar-refractivity contribution is -0.117. The van der Waals surface area contributed by atoms with Crippen LogP contribution in [0.3, 0.4) is 0 Å². The fourth-order valence-electron chi connectivity index (χ4n) is 4.24. The summed E-state index contributed by atoms with van der Waals surface area (Å²) in [7, 11) is 1.61. The number of nitrogens with zero attached hydrogens (tertiary/aromatic N) is 3. The molecule has 0 unspecified atom stereocenters. The van der Waals surface area contributed by atoms with E-state index in [0.717, 1.165) is 33.8 Å². The van der Waals surface area contributed by atoms with Gasteiger partial charge in [-0.25, -0.2) is 9.48 Å². The number of carbonyl (C=O) groups excluding carboxylic acids is 2. The van der Waals surface area contributed by atoms with E-state index >= 15 is 0 Å². The lowest BCUT2D eigenvalue weighted by atomic mass is 10.1. The fourth-order valence-corrected chi connectivity index (χ4v) is 4.24. The molecule has 0 saturated carbocycles. The summed E-state index contributed by atoms with van der Waals surface area (Å²) in [5.74, 6) is 0.926. The molecule has 1 heterocycles. The number of benzene rings is 3. The molecule has 38 heavy (non-hydrogen) atoms. The summed E-state index contributed by atoms with van der Waals surface area (Å²) in [6.45, 7) is 7.50.